The van der Waals surface area contributed by atoms with Crippen LogP contribution in [0.25, 0.3) is 0 Å². The highest BCUT2D eigenvalue weighted by Crippen LogP contribution is 2.29. The molecule has 1 aromatic carbocycles. The van der Waals surface area contributed by atoms with Gasteiger partial charge in [-0.25, -0.2) is 0 Å². The number of ether oxygens (including phenoxy) is 1. The Kier molecular flexibility index (Phi) is 3.74. The summed E-state index contributed by atoms with van der Waals surface area (Å²) in [6.45, 7) is 0. The minimum absolute atomic E-state index is 0.206. The van der Waals surface area contributed by atoms with Crippen LogP contribution in [0.2, 0.25) is 0 Å². The maximum absolute atomic E-state index is 11.9. The summed E-state index contributed by atoms with van der Waals surface area (Å²) in [6.07, 6.45) is -5.63. The van der Waals surface area contributed by atoms with E-state index < -0.39 is 35.1 Å². The number of aliphatic carboxylic acids is 1. The van der Waals surface area contributed by atoms with Crippen LogP contribution in [0.5, 0.6) is 5.75 Å². The van der Waals surface area contributed by atoms with E-state index in [1.54, 1.807) is 0 Å². The Balaban J connectivity index is 3.11. The molecule has 6 nitrogen and oxygen atoms in total. The third kappa shape index (κ3) is 3.92. The lowest BCUT2D eigenvalue weighted by Gasteiger charge is -2.09. The molecular formula is C9H6F3NO5. The van der Waals surface area contributed by atoms with Crippen LogP contribution in [0.3, 0.4) is 0 Å². The molecule has 1 aromatic rings. The van der Waals surface area contributed by atoms with E-state index in [9.17, 15) is 28.1 Å². The number of nitrogens with zero attached hydrogens (tertiary/aromatic N) is 1. The Labute approximate surface area is 97.7 Å². The van der Waals surface area contributed by atoms with Gasteiger partial charge >= 0.3 is 12.3 Å². The third-order valence-corrected chi connectivity index (χ3v) is 1.83. The van der Waals surface area contributed by atoms with Crippen molar-refractivity contribution in [2.75, 3.05) is 0 Å². The first-order chi connectivity index (χ1) is 8.19. The van der Waals surface area contributed by atoms with Crippen molar-refractivity contribution in [3.8, 4) is 5.75 Å². The van der Waals surface area contributed by atoms with Gasteiger partial charge in [-0.1, -0.05) is 0 Å². The van der Waals surface area contributed by atoms with Gasteiger partial charge in [-0.05, 0) is 12.1 Å². The lowest BCUT2D eigenvalue weighted by molar-refractivity contribution is -0.385. The summed E-state index contributed by atoms with van der Waals surface area (Å²) in [4.78, 5) is 20.0. The van der Waals surface area contributed by atoms with E-state index in [0.717, 1.165) is 12.1 Å². The van der Waals surface area contributed by atoms with Crippen molar-refractivity contribution in [1.82, 2.24) is 0 Å². The lowest BCUT2D eigenvalue weighted by atomic mass is 10.1. The number of carbonyl (C=O) groups is 1. The van der Waals surface area contributed by atoms with Crippen LogP contribution in [0.4, 0.5) is 18.9 Å². The fraction of sp³-hybridized carbons (Fsp3) is 0.222. The number of hydrogen-bond donors (Lipinski definition) is 1. The summed E-state index contributed by atoms with van der Waals surface area (Å²) in [5.41, 5.74) is -0.943. The number of halogens is 3. The van der Waals surface area contributed by atoms with Gasteiger partial charge in [0.2, 0.25) is 0 Å². The summed E-state index contributed by atoms with van der Waals surface area (Å²) in [7, 11) is 0. The van der Waals surface area contributed by atoms with Crippen LogP contribution in [0.15, 0.2) is 18.2 Å². The van der Waals surface area contributed by atoms with Crippen molar-refractivity contribution in [3.05, 3.63) is 33.9 Å². The van der Waals surface area contributed by atoms with Crippen LogP contribution in [-0.2, 0) is 11.2 Å². The van der Waals surface area contributed by atoms with Gasteiger partial charge < -0.3 is 9.84 Å². The van der Waals surface area contributed by atoms with Crippen molar-refractivity contribution >= 4 is 11.7 Å². The van der Waals surface area contributed by atoms with Crippen molar-refractivity contribution < 1.29 is 32.7 Å². The number of hydrogen-bond acceptors (Lipinski definition) is 4. The van der Waals surface area contributed by atoms with Crippen LogP contribution >= 0.6 is 0 Å². The van der Waals surface area contributed by atoms with Crippen LogP contribution in [0, 0.1) is 10.1 Å². The number of nitro groups is 1. The zero-order chi connectivity index (χ0) is 13.9. The number of nitro benzene ring substituents is 1. The molecule has 9 heteroatoms. The molecule has 0 aliphatic heterocycles. The SMILES string of the molecule is O=C(O)Cc1ccc(OC(F)(F)F)cc1[N+](=O)[O-]. The predicted octanol–water partition coefficient (Wildman–Crippen LogP) is 2.12. The van der Waals surface area contributed by atoms with Crippen LogP contribution in [-0.4, -0.2) is 22.4 Å². The van der Waals surface area contributed by atoms with Gasteiger partial charge in [-0.2, -0.15) is 0 Å². The molecule has 0 aliphatic carbocycles. The molecule has 0 atom stereocenters. The van der Waals surface area contributed by atoms with E-state index in [1.165, 1.54) is 0 Å². The highest BCUT2D eigenvalue weighted by atomic mass is 19.4. The molecule has 0 saturated heterocycles. The quantitative estimate of drug-likeness (QED) is 0.665. The van der Waals surface area contributed by atoms with E-state index in [2.05, 4.69) is 4.74 Å². The Morgan fingerprint density at radius 3 is 2.50 bits per heavy atom. The summed E-state index contributed by atoms with van der Waals surface area (Å²) >= 11 is 0. The monoisotopic (exact) mass is 265 g/mol. The summed E-state index contributed by atoms with van der Waals surface area (Å²) in [6, 6.07) is 2.26. The van der Waals surface area contributed by atoms with E-state index >= 15 is 0 Å². The van der Waals surface area contributed by atoms with Crippen molar-refractivity contribution in [2.45, 2.75) is 12.8 Å². The zero-order valence-corrected chi connectivity index (χ0v) is 8.60. The zero-order valence-electron chi connectivity index (χ0n) is 8.60. The number of carboxylic acids is 1. The van der Waals surface area contributed by atoms with E-state index in [0.29, 0.717) is 6.07 Å². The average Bonchev–Trinajstić information content (AvgIpc) is 2.17. The fourth-order valence-electron chi connectivity index (χ4n) is 1.22. The number of benzene rings is 1. The molecule has 1 rings (SSSR count). The standard InChI is InChI=1S/C9H6F3NO5/c10-9(11,12)18-6-2-1-5(3-8(14)15)7(4-6)13(16)17/h1-2,4H,3H2,(H,14,15). The first kappa shape index (κ1) is 13.7. The van der Waals surface area contributed by atoms with Gasteiger partial charge in [0, 0.05) is 5.56 Å². The Hall–Kier alpha value is -2.32. The maximum Gasteiger partial charge on any atom is 0.573 e. The first-order valence-electron chi connectivity index (χ1n) is 4.44. The highest BCUT2D eigenvalue weighted by molar-refractivity contribution is 5.72. The molecular weight excluding hydrogens is 259 g/mol. The third-order valence-electron chi connectivity index (χ3n) is 1.83. The molecule has 0 unspecified atom stereocenters. The second kappa shape index (κ2) is 4.90. The number of carboxylic acid groups (broad SMARTS) is 1. The molecule has 0 aromatic heterocycles. The molecule has 0 saturated carbocycles. The molecule has 18 heavy (non-hydrogen) atoms. The molecule has 0 radical (unpaired) electrons. The van der Waals surface area contributed by atoms with Gasteiger partial charge in [0.15, 0.2) is 0 Å². The average molecular weight is 265 g/mol. The molecule has 0 bridgehead atoms. The second-order valence-electron chi connectivity index (χ2n) is 3.17. The smallest absolute Gasteiger partial charge is 0.481 e. The topological polar surface area (TPSA) is 89.7 Å². The highest BCUT2D eigenvalue weighted by Gasteiger charge is 2.32. The molecule has 98 valence electrons. The maximum atomic E-state index is 11.9. The number of rotatable bonds is 4. The van der Waals surface area contributed by atoms with Gasteiger partial charge in [0.25, 0.3) is 5.69 Å². The van der Waals surface area contributed by atoms with Gasteiger partial charge in [-0.15, -0.1) is 13.2 Å². The Bertz CT molecular complexity index is 486. The van der Waals surface area contributed by atoms with Gasteiger partial charge in [-0.3, -0.25) is 14.9 Å². The van der Waals surface area contributed by atoms with E-state index in [-0.39, 0.29) is 5.56 Å². The minimum atomic E-state index is -4.97. The van der Waals surface area contributed by atoms with Gasteiger partial charge in [0.05, 0.1) is 17.4 Å². The first-order valence-corrected chi connectivity index (χ1v) is 4.44. The number of alkyl halides is 3. The van der Waals surface area contributed by atoms with Crippen LogP contribution < -0.4 is 4.74 Å². The van der Waals surface area contributed by atoms with E-state index in [4.69, 9.17) is 5.11 Å². The fourth-order valence-corrected chi connectivity index (χ4v) is 1.22. The van der Waals surface area contributed by atoms with Crippen molar-refractivity contribution in [3.63, 3.8) is 0 Å². The van der Waals surface area contributed by atoms with E-state index in [1.807, 2.05) is 0 Å². The summed E-state index contributed by atoms with van der Waals surface area (Å²) in [5, 5.41) is 19.1. The normalized spacial score (nSPS) is 11.1. The van der Waals surface area contributed by atoms with Gasteiger partial charge in [0.1, 0.15) is 5.75 Å². The molecule has 0 spiro atoms. The largest absolute Gasteiger partial charge is 0.573 e. The lowest BCUT2D eigenvalue weighted by Crippen LogP contribution is -2.17. The van der Waals surface area contributed by atoms with Crippen molar-refractivity contribution in [1.29, 1.82) is 0 Å². The summed E-state index contributed by atoms with van der Waals surface area (Å²) < 4.78 is 39.2. The molecule has 0 fully saturated rings. The second-order valence-corrected chi connectivity index (χ2v) is 3.17. The Morgan fingerprint density at radius 2 is 2.06 bits per heavy atom. The summed E-state index contributed by atoms with van der Waals surface area (Å²) in [5.74, 6) is -2.11. The molecule has 0 aliphatic rings. The molecule has 0 amide bonds. The Morgan fingerprint density at radius 1 is 1.44 bits per heavy atom. The molecule has 1 N–H and O–H groups in total. The van der Waals surface area contributed by atoms with Crippen molar-refractivity contribution in [2.24, 2.45) is 0 Å². The minimum Gasteiger partial charge on any atom is -0.481 e. The van der Waals surface area contributed by atoms with Crippen LogP contribution in [0.1, 0.15) is 5.56 Å². The predicted molar refractivity (Wildman–Crippen MR) is 51.1 cm³/mol. The molecule has 0 heterocycles.